The van der Waals surface area contributed by atoms with Crippen molar-refractivity contribution in [2.75, 3.05) is 20.6 Å². The first-order valence-electron chi connectivity index (χ1n) is 7.67. The van der Waals surface area contributed by atoms with Crippen molar-refractivity contribution in [3.05, 3.63) is 47.7 Å². The maximum absolute atomic E-state index is 2.56. The van der Waals surface area contributed by atoms with Crippen LogP contribution in [-0.2, 0) is 19.4 Å². The average Bonchev–Trinajstić information content (AvgIpc) is 2.84. The largest absolute Gasteiger partial charge is 0.343 e. The first kappa shape index (κ1) is 13.4. The molecule has 1 heterocycles. The Hall–Kier alpha value is -1.54. The van der Waals surface area contributed by atoms with Crippen LogP contribution in [0.5, 0.6) is 0 Å². The molecule has 1 aromatic carbocycles. The standard InChI is InChI=1S/C18H24N2/c1-19(2)12-13-20-17-11-7-6-10-16(17)14-18(20)15-8-4-3-5-9-15/h3-5,8-9,14H,6-7,10-13H2,1-2H3. The lowest BCUT2D eigenvalue weighted by atomic mass is 9.98. The summed E-state index contributed by atoms with van der Waals surface area (Å²) in [6, 6.07) is 13.3. The van der Waals surface area contributed by atoms with Crippen LogP contribution < -0.4 is 0 Å². The second-order valence-electron chi connectivity index (χ2n) is 6.03. The minimum absolute atomic E-state index is 1.09. The normalized spacial score (nSPS) is 14.6. The minimum atomic E-state index is 1.09. The Morgan fingerprint density at radius 2 is 1.80 bits per heavy atom. The Balaban J connectivity index is 2.01. The van der Waals surface area contributed by atoms with Gasteiger partial charge in [0.25, 0.3) is 0 Å². The Kier molecular flexibility index (Phi) is 3.93. The van der Waals surface area contributed by atoms with E-state index < -0.39 is 0 Å². The highest BCUT2D eigenvalue weighted by Gasteiger charge is 2.18. The van der Waals surface area contributed by atoms with E-state index in [1.165, 1.54) is 36.9 Å². The fourth-order valence-corrected chi connectivity index (χ4v) is 3.17. The molecule has 0 radical (unpaired) electrons. The smallest absolute Gasteiger partial charge is 0.0485 e. The van der Waals surface area contributed by atoms with E-state index in [0.717, 1.165) is 13.1 Å². The van der Waals surface area contributed by atoms with Gasteiger partial charge in [0.15, 0.2) is 0 Å². The number of hydrogen-bond donors (Lipinski definition) is 0. The first-order valence-corrected chi connectivity index (χ1v) is 7.67. The van der Waals surface area contributed by atoms with Crippen LogP contribution >= 0.6 is 0 Å². The molecule has 0 saturated heterocycles. The number of fused-ring (bicyclic) bond motifs is 1. The van der Waals surface area contributed by atoms with Crippen molar-refractivity contribution >= 4 is 0 Å². The Morgan fingerprint density at radius 1 is 1.05 bits per heavy atom. The third-order valence-electron chi connectivity index (χ3n) is 4.25. The molecule has 3 rings (SSSR count). The zero-order valence-corrected chi connectivity index (χ0v) is 12.6. The molecule has 2 nitrogen and oxygen atoms in total. The number of aryl methyl sites for hydroxylation is 1. The molecule has 2 heteroatoms. The second kappa shape index (κ2) is 5.84. The van der Waals surface area contributed by atoms with Crippen LogP contribution in [0.15, 0.2) is 36.4 Å². The molecule has 0 unspecified atom stereocenters. The quantitative estimate of drug-likeness (QED) is 0.822. The van der Waals surface area contributed by atoms with Crippen molar-refractivity contribution in [2.45, 2.75) is 32.2 Å². The summed E-state index contributed by atoms with van der Waals surface area (Å²) in [5.41, 5.74) is 5.91. The molecular weight excluding hydrogens is 244 g/mol. The van der Waals surface area contributed by atoms with Crippen LogP contribution in [-0.4, -0.2) is 30.1 Å². The third-order valence-corrected chi connectivity index (χ3v) is 4.25. The van der Waals surface area contributed by atoms with Crippen molar-refractivity contribution in [2.24, 2.45) is 0 Å². The van der Waals surface area contributed by atoms with Gasteiger partial charge in [0.2, 0.25) is 0 Å². The zero-order chi connectivity index (χ0) is 13.9. The van der Waals surface area contributed by atoms with Gasteiger partial charge in [0.05, 0.1) is 0 Å². The molecule has 1 aromatic heterocycles. The second-order valence-corrected chi connectivity index (χ2v) is 6.03. The third kappa shape index (κ3) is 2.66. The maximum atomic E-state index is 2.56. The lowest BCUT2D eigenvalue weighted by molar-refractivity contribution is 0.381. The SMILES string of the molecule is CN(C)CCn1c(-c2ccccc2)cc2c1CCCC2. The molecule has 20 heavy (non-hydrogen) atoms. The van der Waals surface area contributed by atoms with Crippen LogP contribution in [0.1, 0.15) is 24.1 Å². The lowest BCUT2D eigenvalue weighted by Gasteiger charge is -2.19. The molecule has 0 spiro atoms. The van der Waals surface area contributed by atoms with Gasteiger partial charge in [-0.3, -0.25) is 0 Å². The molecule has 0 saturated carbocycles. The summed E-state index contributed by atoms with van der Waals surface area (Å²) >= 11 is 0. The minimum Gasteiger partial charge on any atom is -0.343 e. The molecule has 0 atom stereocenters. The summed E-state index contributed by atoms with van der Waals surface area (Å²) in [6.07, 6.45) is 5.19. The van der Waals surface area contributed by atoms with E-state index >= 15 is 0 Å². The summed E-state index contributed by atoms with van der Waals surface area (Å²) in [5.74, 6) is 0. The number of nitrogens with zero attached hydrogens (tertiary/aromatic N) is 2. The maximum Gasteiger partial charge on any atom is 0.0485 e. The van der Waals surface area contributed by atoms with E-state index in [9.17, 15) is 0 Å². The Labute approximate surface area is 122 Å². The zero-order valence-electron chi connectivity index (χ0n) is 12.6. The predicted molar refractivity (Wildman–Crippen MR) is 85.1 cm³/mol. The predicted octanol–water partition coefficient (Wildman–Crippen LogP) is 3.60. The number of hydrogen-bond acceptors (Lipinski definition) is 1. The van der Waals surface area contributed by atoms with Crippen molar-refractivity contribution in [1.82, 2.24) is 9.47 Å². The van der Waals surface area contributed by atoms with E-state index in [4.69, 9.17) is 0 Å². The highest BCUT2D eigenvalue weighted by atomic mass is 15.1. The molecule has 0 N–H and O–H groups in total. The fraction of sp³-hybridized carbons (Fsp3) is 0.444. The molecular formula is C18H24N2. The van der Waals surface area contributed by atoms with Gasteiger partial charge in [-0.2, -0.15) is 0 Å². The first-order chi connectivity index (χ1) is 9.75. The number of likely N-dealkylation sites (N-methyl/N-ethyl adjacent to an activating group) is 1. The molecule has 0 fully saturated rings. The summed E-state index contributed by atoms with van der Waals surface area (Å²) in [7, 11) is 4.30. The molecule has 1 aliphatic rings. The van der Waals surface area contributed by atoms with Crippen LogP contribution in [0.2, 0.25) is 0 Å². The van der Waals surface area contributed by atoms with Crippen LogP contribution in [0, 0.1) is 0 Å². The van der Waals surface area contributed by atoms with Crippen molar-refractivity contribution in [3.63, 3.8) is 0 Å². The molecule has 106 valence electrons. The number of aromatic nitrogens is 1. The summed E-state index contributed by atoms with van der Waals surface area (Å²) in [4.78, 5) is 2.27. The fourth-order valence-electron chi connectivity index (χ4n) is 3.17. The van der Waals surface area contributed by atoms with Crippen LogP contribution in [0.25, 0.3) is 11.3 Å². The summed E-state index contributed by atoms with van der Waals surface area (Å²) in [5, 5.41) is 0. The van der Waals surface area contributed by atoms with E-state index in [0.29, 0.717) is 0 Å². The topological polar surface area (TPSA) is 8.17 Å². The lowest BCUT2D eigenvalue weighted by Crippen LogP contribution is -2.20. The highest BCUT2D eigenvalue weighted by molar-refractivity contribution is 5.62. The van der Waals surface area contributed by atoms with E-state index in [1.54, 1.807) is 11.3 Å². The molecule has 1 aliphatic carbocycles. The number of benzene rings is 1. The molecule has 0 bridgehead atoms. The molecule has 2 aromatic rings. The van der Waals surface area contributed by atoms with Crippen LogP contribution in [0.3, 0.4) is 0 Å². The van der Waals surface area contributed by atoms with Crippen LogP contribution in [0.4, 0.5) is 0 Å². The van der Waals surface area contributed by atoms with E-state index in [-0.39, 0.29) is 0 Å². The molecule has 0 aliphatic heterocycles. The van der Waals surface area contributed by atoms with Gasteiger partial charge in [-0.25, -0.2) is 0 Å². The van der Waals surface area contributed by atoms with Gasteiger partial charge >= 0.3 is 0 Å². The summed E-state index contributed by atoms with van der Waals surface area (Å²) in [6.45, 7) is 2.19. The average molecular weight is 268 g/mol. The van der Waals surface area contributed by atoms with Gasteiger partial charge in [0, 0.05) is 24.5 Å². The highest BCUT2D eigenvalue weighted by Crippen LogP contribution is 2.30. The van der Waals surface area contributed by atoms with Gasteiger partial charge in [-0.1, -0.05) is 30.3 Å². The van der Waals surface area contributed by atoms with Gasteiger partial charge in [-0.05, 0) is 57.0 Å². The number of rotatable bonds is 4. The van der Waals surface area contributed by atoms with Crippen molar-refractivity contribution in [1.29, 1.82) is 0 Å². The van der Waals surface area contributed by atoms with E-state index in [1.807, 2.05) is 0 Å². The van der Waals surface area contributed by atoms with Crippen molar-refractivity contribution in [3.8, 4) is 11.3 Å². The molecule has 0 amide bonds. The summed E-state index contributed by atoms with van der Waals surface area (Å²) < 4.78 is 2.56. The van der Waals surface area contributed by atoms with Crippen molar-refractivity contribution < 1.29 is 0 Å². The van der Waals surface area contributed by atoms with Gasteiger partial charge in [-0.15, -0.1) is 0 Å². The monoisotopic (exact) mass is 268 g/mol. The Bertz CT molecular complexity index is 567. The van der Waals surface area contributed by atoms with Gasteiger partial charge < -0.3 is 9.47 Å². The van der Waals surface area contributed by atoms with Gasteiger partial charge in [0.1, 0.15) is 0 Å². The van der Waals surface area contributed by atoms with E-state index in [2.05, 4.69) is 60.0 Å². The Morgan fingerprint density at radius 3 is 2.55 bits per heavy atom.